The lowest BCUT2D eigenvalue weighted by Crippen LogP contribution is -2.25. The number of oxazole rings is 1. The Bertz CT molecular complexity index is 1240. The molecule has 2 aromatic carbocycles. The molecular formula is C21H17ClFN3O3S. The number of halogens is 2. The summed E-state index contributed by atoms with van der Waals surface area (Å²) in [6.45, 7) is 0.760. The lowest BCUT2D eigenvalue weighted by Gasteiger charge is -2.12. The fourth-order valence-electron chi connectivity index (χ4n) is 2.90. The van der Waals surface area contributed by atoms with Gasteiger partial charge in [0.25, 0.3) is 5.56 Å². The summed E-state index contributed by atoms with van der Waals surface area (Å²) in [5.41, 5.74) is 1.75. The third kappa shape index (κ3) is 4.40. The van der Waals surface area contributed by atoms with E-state index in [2.05, 4.69) is 9.97 Å². The molecule has 154 valence electrons. The summed E-state index contributed by atoms with van der Waals surface area (Å²) >= 11 is 7.44. The summed E-state index contributed by atoms with van der Waals surface area (Å²) in [6.07, 6.45) is 1.54. The molecule has 0 aliphatic heterocycles. The SMILES string of the molecule is COCCn1c(SCc2coc(-c3ccc(F)cc3)n2)nc2cc(Cl)ccc2c1=O. The predicted molar refractivity (Wildman–Crippen MR) is 114 cm³/mol. The van der Waals surface area contributed by atoms with Crippen LogP contribution in [0.25, 0.3) is 22.4 Å². The van der Waals surface area contributed by atoms with Crippen LogP contribution < -0.4 is 5.56 Å². The van der Waals surface area contributed by atoms with Gasteiger partial charge in [-0.05, 0) is 42.5 Å². The molecule has 0 atom stereocenters. The van der Waals surface area contributed by atoms with E-state index in [1.165, 1.54) is 23.9 Å². The third-order valence-electron chi connectivity index (χ3n) is 4.39. The van der Waals surface area contributed by atoms with Gasteiger partial charge in [0.05, 0.1) is 29.7 Å². The van der Waals surface area contributed by atoms with E-state index in [1.807, 2.05) is 0 Å². The molecule has 0 saturated carbocycles. The second kappa shape index (κ2) is 8.99. The summed E-state index contributed by atoms with van der Waals surface area (Å²) in [6, 6.07) is 10.9. The van der Waals surface area contributed by atoms with Crippen molar-refractivity contribution >= 4 is 34.3 Å². The Morgan fingerprint density at radius 1 is 1.20 bits per heavy atom. The van der Waals surface area contributed by atoms with Crippen LogP contribution in [0.3, 0.4) is 0 Å². The van der Waals surface area contributed by atoms with Crippen molar-refractivity contribution in [3.8, 4) is 11.5 Å². The number of aromatic nitrogens is 3. The number of hydrogen-bond donors (Lipinski definition) is 0. The number of methoxy groups -OCH3 is 1. The van der Waals surface area contributed by atoms with E-state index in [0.717, 1.165) is 0 Å². The van der Waals surface area contributed by atoms with Crippen LogP contribution in [-0.4, -0.2) is 28.3 Å². The summed E-state index contributed by atoms with van der Waals surface area (Å²) in [4.78, 5) is 22.0. The zero-order valence-corrected chi connectivity index (χ0v) is 17.5. The van der Waals surface area contributed by atoms with Crippen LogP contribution >= 0.6 is 23.4 Å². The molecule has 0 aliphatic rings. The molecule has 0 unspecified atom stereocenters. The van der Waals surface area contributed by atoms with Gasteiger partial charge in [0.2, 0.25) is 5.89 Å². The Labute approximate surface area is 180 Å². The highest BCUT2D eigenvalue weighted by Gasteiger charge is 2.14. The van der Waals surface area contributed by atoms with Crippen LogP contribution in [0.4, 0.5) is 4.39 Å². The zero-order chi connectivity index (χ0) is 21.1. The van der Waals surface area contributed by atoms with E-state index in [-0.39, 0.29) is 11.4 Å². The van der Waals surface area contributed by atoms with Gasteiger partial charge in [-0.1, -0.05) is 23.4 Å². The summed E-state index contributed by atoms with van der Waals surface area (Å²) < 4.78 is 25.3. The van der Waals surface area contributed by atoms with Gasteiger partial charge < -0.3 is 9.15 Å². The molecule has 0 aliphatic carbocycles. The molecular weight excluding hydrogens is 429 g/mol. The Morgan fingerprint density at radius 3 is 2.77 bits per heavy atom. The standard InChI is InChI=1S/C21H17ClFN3O3S/c1-28-9-8-26-20(27)17-7-4-14(22)10-18(17)25-21(26)30-12-16-11-29-19(24-16)13-2-5-15(23)6-3-13/h2-7,10-11H,8-9,12H2,1H3. The molecule has 4 aromatic rings. The number of thioether (sulfide) groups is 1. The number of nitrogens with zero attached hydrogens (tertiary/aromatic N) is 3. The van der Waals surface area contributed by atoms with Crippen LogP contribution in [0.5, 0.6) is 0 Å². The van der Waals surface area contributed by atoms with Gasteiger partial charge in [-0.3, -0.25) is 9.36 Å². The van der Waals surface area contributed by atoms with Crippen molar-refractivity contribution in [2.24, 2.45) is 0 Å². The highest BCUT2D eigenvalue weighted by molar-refractivity contribution is 7.98. The third-order valence-corrected chi connectivity index (χ3v) is 5.64. The smallest absolute Gasteiger partial charge is 0.262 e. The van der Waals surface area contributed by atoms with Gasteiger partial charge in [0.1, 0.15) is 12.1 Å². The maximum atomic E-state index is 13.1. The van der Waals surface area contributed by atoms with Crippen molar-refractivity contribution in [1.82, 2.24) is 14.5 Å². The highest BCUT2D eigenvalue weighted by Crippen LogP contribution is 2.25. The molecule has 0 spiro atoms. The molecule has 0 saturated heterocycles. The number of rotatable bonds is 7. The molecule has 0 fully saturated rings. The van der Waals surface area contributed by atoms with E-state index in [4.69, 9.17) is 20.8 Å². The van der Waals surface area contributed by atoms with Gasteiger partial charge in [-0.25, -0.2) is 14.4 Å². The van der Waals surface area contributed by atoms with E-state index in [1.54, 1.807) is 48.3 Å². The first-order valence-electron chi connectivity index (χ1n) is 9.07. The molecule has 0 radical (unpaired) electrons. The van der Waals surface area contributed by atoms with Crippen LogP contribution in [-0.2, 0) is 17.0 Å². The van der Waals surface area contributed by atoms with Gasteiger partial charge in [-0.2, -0.15) is 0 Å². The Balaban J connectivity index is 1.61. The maximum Gasteiger partial charge on any atom is 0.262 e. The molecule has 2 aromatic heterocycles. The minimum atomic E-state index is -0.322. The quantitative estimate of drug-likeness (QED) is 0.301. The molecule has 4 rings (SSSR count). The van der Waals surface area contributed by atoms with E-state index < -0.39 is 0 Å². The second-order valence-corrected chi connectivity index (χ2v) is 7.82. The van der Waals surface area contributed by atoms with Crippen molar-refractivity contribution in [3.63, 3.8) is 0 Å². The lowest BCUT2D eigenvalue weighted by molar-refractivity contribution is 0.183. The largest absolute Gasteiger partial charge is 0.444 e. The Morgan fingerprint density at radius 2 is 2.00 bits per heavy atom. The minimum absolute atomic E-state index is 0.150. The topological polar surface area (TPSA) is 70.2 Å². The number of hydrogen-bond acceptors (Lipinski definition) is 6. The van der Waals surface area contributed by atoms with E-state index in [0.29, 0.717) is 57.1 Å². The zero-order valence-electron chi connectivity index (χ0n) is 16.0. The lowest BCUT2D eigenvalue weighted by atomic mass is 10.2. The Kier molecular flexibility index (Phi) is 6.17. The average Bonchev–Trinajstić information content (AvgIpc) is 3.21. The highest BCUT2D eigenvalue weighted by atomic mass is 35.5. The van der Waals surface area contributed by atoms with Gasteiger partial charge >= 0.3 is 0 Å². The molecule has 0 amide bonds. The van der Waals surface area contributed by atoms with Gasteiger partial charge in [-0.15, -0.1) is 0 Å². The van der Waals surface area contributed by atoms with Crippen LogP contribution in [0.1, 0.15) is 5.69 Å². The summed E-state index contributed by atoms with van der Waals surface area (Å²) in [7, 11) is 1.58. The molecule has 0 bridgehead atoms. The first kappa shape index (κ1) is 20.6. The van der Waals surface area contributed by atoms with Crippen molar-refractivity contribution in [2.75, 3.05) is 13.7 Å². The normalized spacial score (nSPS) is 11.3. The molecule has 30 heavy (non-hydrogen) atoms. The summed E-state index contributed by atoms with van der Waals surface area (Å²) in [5, 5.41) is 1.55. The molecule has 0 N–H and O–H groups in total. The summed E-state index contributed by atoms with van der Waals surface area (Å²) in [5.74, 6) is 0.522. The fraction of sp³-hybridized carbons (Fsp3) is 0.190. The van der Waals surface area contributed by atoms with Gasteiger partial charge in [0, 0.05) is 23.4 Å². The number of ether oxygens (including phenoxy) is 1. The van der Waals surface area contributed by atoms with Gasteiger partial charge in [0.15, 0.2) is 5.16 Å². The van der Waals surface area contributed by atoms with Crippen LogP contribution in [0.2, 0.25) is 5.02 Å². The molecule has 6 nitrogen and oxygen atoms in total. The van der Waals surface area contributed by atoms with E-state index in [9.17, 15) is 9.18 Å². The van der Waals surface area contributed by atoms with Crippen molar-refractivity contribution < 1.29 is 13.5 Å². The molecule has 9 heteroatoms. The molecule has 2 heterocycles. The fourth-order valence-corrected chi connectivity index (χ4v) is 3.97. The number of fused-ring (bicyclic) bond motifs is 1. The minimum Gasteiger partial charge on any atom is -0.444 e. The Hall–Kier alpha value is -2.68. The monoisotopic (exact) mass is 445 g/mol. The van der Waals surface area contributed by atoms with Crippen molar-refractivity contribution in [1.29, 1.82) is 0 Å². The second-order valence-electron chi connectivity index (χ2n) is 6.45. The maximum absolute atomic E-state index is 13.1. The van der Waals surface area contributed by atoms with E-state index >= 15 is 0 Å². The average molecular weight is 446 g/mol. The first-order chi connectivity index (χ1) is 14.5. The van der Waals surface area contributed by atoms with Crippen molar-refractivity contribution in [3.05, 3.63) is 75.6 Å². The predicted octanol–water partition coefficient (Wildman–Crippen LogP) is 4.78. The van der Waals surface area contributed by atoms with Crippen LogP contribution in [0, 0.1) is 5.82 Å². The number of benzene rings is 2. The van der Waals surface area contributed by atoms with Crippen molar-refractivity contribution in [2.45, 2.75) is 17.5 Å². The van der Waals surface area contributed by atoms with Crippen LogP contribution in [0.15, 0.2) is 63.1 Å². The first-order valence-corrected chi connectivity index (χ1v) is 10.4.